The first-order valence-electron chi connectivity index (χ1n) is 5.92. The molecule has 2 heterocycles. The quantitative estimate of drug-likeness (QED) is 0.893. The minimum Gasteiger partial charge on any atom is -0.326 e. The van der Waals surface area contributed by atoms with E-state index in [4.69, 9.17) is 5.73 Å². The Morgan fingerprint density at radius 2 is 2.11 bits per heavy atom. The number of halogens is 1. The van der Waals surface area contributed by atoms with Gasteiger partial charge in [-0.1, -0.05) is 12.1 Å². The van der Waals surface area contributed by atoms with Gasteiger partial charge >= 0.3 is 0 Å². The minimum atomic E-state index is -0.244. The lowest BCUT2D eigenvalue weighted by Crippen LogP contribution is -2.12. The number of carbonyl (C=O) groups excluding carboxylic acids is 1. The van der Waals surface area contributed by atoms with E-state index in [9.17, 15) is 4.79 Å². The Kier molecular flexibility index (Phi) is 3.08. The van der Waals surface area contributed by atoms with Crippen molar-refractivity contribution < 1.29 is 4.79 Å². The van der Waals surface area contributed by atoms with Gasteiger partial charge in [-0.2, -0.15) is 0 Å². The second-order valence-electron chi connectivity index (χ2n) is 4.56. The molecule has 4 nitrogen and oxygen atoms in total. The Bertz CT molecular complexity index is 657. The maximum Gasteiger partial charge on any atom is 0.228 e. The zero-order valence-electron chi connectivity index (χ0n) is 10.1. The van der Waals surface area contributed by atoms with Crippen molar-refractivity contribution in [2.24, 2.45) is 5.73 Å². The predicted molar refractivity (Wildman–Crippen MR) is 76.7 cm³/mol. The number of carbonyl (C=O) groups is 1. The van der Waals surface area contributed by atoms with Crippen molar-refractivity contribution in [3.05, 3.63) is 57.8 Å². The van der Waals surface area contributed by atoms with Gasteiger partial charge in [0.05, 0.1) is 12.5 Å². The van der Waals surface area contributed by atoms with Crippen molar-refractivity contribution in [2.45, 2.75) is 12.5 Å². The molecule has 3 rings (SSSR count). The highest BCUT2D eigenvalue weighted by Gasteiger charge is 2.19. The number of rotatable bonds is 2. The van der Waals surface area contributed by atoms with Gasteiger partial charge in [0.15, 0.2) is 0 Å². The highest BCUT2D eigenvalue weighted by atomic mass is 79.9. The summed E-state index contributed by atoms with van der Waals surface area (Å²) in [4.78, 5) is 15.5. The highest BCUT2D eigenvalue weighted by Crippen LogP contribution is 2.28. The summed E-state index contributed by atoms with van der Waals surface area (Å²) in [5.41, 5.74) is 10.0. The zero-order chi connectivity index (χ0) is 13.4. The van der Waals surface area contributed by atoms with Gasteiger partial charge in [0.1, 0.15) is 0 Å². The third-order valence-electron chi connectivity index (χ3n) is 3.20. The zero-order valence-corrected chi connectivity index (χ0v) is 11.6. The van der Waals surface area contributed by atoms with Gasteiger partial charge in [-0.3, -0.25) is 9.78 Å². The van der Waals surface area contributed by atoms with Crippen molar-refractivity contribution >= 4 is 27.5 Å². The Balaban J connectivity index is 1.95. The Morgan fingerprint density at radius 3 is 2.89 bits per heavy atom. The molecular weight excluding hydrogens is 306 g/mol. The number of pyridine rings is 1. The van der Waals surface area contributed by atoms with Crippen LogP contribution in [0.25, 0.3) is 0 Å². The van der Waals surface area contributed by atoms with E-state index < -0.39 is 0 Å². The van der Waals surface area contributed by atoms with Gasteiger partial charge in [-0.25, -0.2) is 0 Å². The van der Waals surface area contributed by atoms with E-state index in [1.54, 1.807) is 12.4 Å². The number of benzene rings is 1. The van der Waals surface area contributed by atoms with Gasteiger partial charge in [-0.05, 0) is 44.8 Å². The maximum absolute atomic E-state index is 11.3. The Hall–Kier alpha value is -1.72. The van der Waals surface area contributed by atoms with Crippen LogP contribution in [-0.2, 0) is 11.2 Å². The van der Waals surface area contributed by atoms with Gasteiger partial charge in [-0.15, -0.1) is 0 Å². The van der Waals surface area contributed by atoms with Gasteiger partial charge in [0.2, 0.25) is 5.91 Å². The van der Waals surface area contributed by atoms with Crippen LogP contribution in [0.4, 0.5) is 5.69 Å². The summed E-state index contributed by atoms with van der Waals surface area (Å²) in [7, 11) is 0. The monoisotopic (exact) mass is 317 g/mol. The van der Waals surface area contributed by atoms with Crippen molar-refractivity contribution in [1.82, 2.24) is 4.98 Å². The van der Waals surface area contributed by atoms with Crippen LogP contribution in [-0.4, -0.2) is 10.9 Å². The number of nitrogens with two attached hydrogens (primary N) is 1. The second-order valence-corrected chi connectivity index (χ2v) is 5.47. The normalized spacial score (nSPS) is 14.9. The molecule has 1 atom stereocenters. The molecule has 1 aromatic carbocycles. The van der Waals surface area contributed by atoms with Crippen LogP contribution in [0, 0.1) is 0 Å². The lowest BCUT2D eigenvalue weighted by molar-refractivity contribution is -0.115. The first-order valence-corrected chi connectivity index (χ1v) is 6.71. The average molecular weight is 318 g/mol. The number of fused-ring (bicyclic) bond motifs is 1. The minimum absolute atomic E-state index is 0.0323. The molecule has 1 aliphatic heterocycles. The molecule has 19 heavy (non-hydrogen) atoms. The standard InChI is InChI=1S/C14H12BrN3O/c15-11-4-10(6-17-7-11)14(16)8-1-2-12-9(3-8)5-13(19)18-12/h1-4,6-7,14H,5,16H2,(H,18,19). The van der Waals surface area contributed by atoms with Crippen LogP contribution < -0.4 is 11.1 Å². The number of amides is 1. The fourth-order valence-electron chi connectivity index (χ4n) is 2.23. The lowest BCUT2D eigenvalue weighted by atomic mass is 9.98. The molecule has 1 aliphatic rings. The first-order chi connectivity index (χ1) is 9.13. The van der Waals surface area contributed by atoms with Crippen LogP contribution >= 0.6 is 15.9 Å². The predicted octanol–water partition coefficient (Wildman–Crippen LogP) is 2.39. The Morgan fingerprint density at radius 1 is 1.26 bits per heavy atom. The molecule has 0 fully saturated rings. The molecule has 1 aromatic heterocycles. The van der Waals surface area contributed by atoms with Crippen LogP contribution in [0.3, 0.4) is 0 Å². The molecule has 5 heteroatoms. The summed E-state index contributed by atoms with van der Waals surface area (Å²) in [5, 5.41) is 2.81. The third kappa shape index (κ3) is 2.39. The summed E-state index contributed by atoms with van der Waals surface area (Å²) in [6.45, 7) is 0. The Labute approximate surface area is 119 Å². The number of anilines is 1. The van der Waals surface area contributed by atoms with Crippen LogP contribution in [0.15, 0.2) is 41.1 Å². The fraction of sp³-hybridized carbons (Fsp3) is 0.143. The number of hydrogen-bond donors (Lipinski definition) is 2. The average Bonchev–Trinajstić information content (AvgIpc) is 2.76. The molecule has 96 valence electrons. The molecule has 0 saturated heterocycles. The van der Waals surface area contributed by atoms with Crippen LogP contribution in [0.1, 0.15) is 22.7 Å². The molecule has 0 radical (unpaired) electrons. The van der Waals surface area contributed by atoms with Gasteiger partial charge in [0.25, 0.3) is 0 Å². The molecule has 0 bridgehead atoms. The SMILES string of the molecule is NC(c1cncc(Br)c1)c1ccc2c(c1)CC(=O)N2. The number of aromatic nitrogens is 1. The van der Waals surface area contributed by atoms with E-state index in [1.807, 2.05) is 24.3 Å². The molecule has 1 unspecified atom stereocenters. The highest BCUT2D eigenvalue weighted by molar-refractivity contribution is 9.10. The van der Waals surface area contributed by atoms with E-state index >= 15 is 0 Å². The van der Waals surface area contributed by atoms with Crippen molar-refractivity contribution in [1.29, 1.82) is 0 Å². The molecule has 0 saturated carbocycles. The van der Waals surface area contributed by atoms with E-state index in [0.717, 1.165) is 26.9 Å². The van der Waals surface area contributed by atoms with Crippen LogP contribution in [0.2, 0.25) is 0 Å². The lowest BCUT2D eigenvalue weighted by Gasteiger charge is -2.13. The number of nitrogens with zero attached hydrogens (tertiary/aromatic N) is 1. The van der Waals surface area contributed by atoms with E-state index in [-0.39, 0.29) is 11.9 Å². The van der Waals surface area contributed by atoms with Gasteiger partial charge < -0.3 is 11.1 Å². The molecule has 0 spiro atoms. The molecule has 2 aromatic rings. The summed E-state index contributed by atoms with van der Waals surface area (Å²) < 4.78 is 0.901. The summed E-state index contributed by atoms with van der Waals surface area (Å²) in [6, 6.07) is 7.54. The fourth-order valence-corrected chi connectivity index (χ4v) is 2.62. The maximum atomic E-state index is 11.3. The first kappa shape index (κ1) is 12.3. The van der Waals surface area contributed by atoms with E-state index in [0.29, 0.717) is 6.42 Å². The van der Waals surface area contributed by atoms with Crippen molar-refractivity contribution in [3.63, 3.8) is 0 Å². The van der Waals surface area contributed by atoms with Crippen molar-refractivity contribution in [2.75, 3.05) is 5.32 Å². The molecule has 3 N–H and O–H groups in total. The topological polar surface area (TPSA) is 68.0 Å². The van der Waals surface area contributed by atoms with E-state index in [2.05, 4.69) is 26.2 Å². The summed E-state index contributed by atoms with van der Waals surface area (Å²) in [6.07, 6.45) is 3.90. The van der Waals surface area contributed by atoms with E-state index in [1.165, 1.54) is 0 Å². The summed E-state index contributed by atoms with van der Waals surface area (Å²) >= 11 is 3.39. The summed E-state index contributed by atoms with van der Waals surface area (Å²) in [5.74, 6) is 0.0323. The van der Waals surface area contributed by atoms with Crippen molar-refractivity contribution in [3.8, 4) is 0 Å². The van der Waals surface area contributed by atoms with Crippen LogP contribution in [0.5, 0.6) is 0 Å². The molecule has 0 aliphatic carbocycles. The smallest absolute Gasteiger partial charge is 0.228 e. The second kappa shape index (κ2) is 4.75. The molecular formula is C14H12BrN3O. The third-order valence-corrected chi connectivity index (χ3v) is 3.63. The number of hydrogen-bond acceptors (Lipinski definition) is 3. The largest absolute Gasteiger partial charge is 0.326 e. The molecule has 1 amide bonds. The number of nitrogens with one attached hydrogen (secondary N) is 1. The van der Waals surface area contributed by atoms with Gasteiger partial charge in [0, 0.05) is 22.6 Å².